The highest BCUT2D eigenvalue weighted by molar-refractivity contribution is 7.10. The van der Waals surface area contributed by atoms with Crippen LogP contribution in [0.3, 0.4) is 0 Å². The minimum absolute atomic E-state index is 0.00477. The molecule has 0 N–H and O–H groups in total. The maximum Gasteiger partial charge on any atom is 0.319 e. The van der Waals surface area contributed by atoms with Gasteiger partial charge in [0.2, 0.25) is 0 Å². The normalized spacial score (nSPS) is 20.5. The highest BCUT2D eigenvalue weighted by Crippen LogP contribution is 2.41. The van der Waals surface area contributed by atoms with Gasteiger partial charge in [-0.05, 0) is 26.7 Å². The number of urea groups is 1. The predicted octanol–water partition coefficient (Wildman–Crippen LogP) is 2.24. The fourth-order valence-corrected chi connectivity index (χ4v) is 3.98. The van der Waals surface area contributed by atoms with E-state index in [1.165, 1.54) is 12.8 Å². The second-order valence-electron chi connectivity index (χ2n) is 7.21. The zero-order valence-corrected chi connectivity index (χ0v) is 15.0. The lowest BCUT2D eigenvalue weighted by Crippen LogP contribution is -2.63. The summed E-state index contributed by atoms with van der Waals surface area (Å²) in [5.74, 6) is 0.555. The van der Waals surface area contributed by atoms with Crippen LogP contribution < -0.4 is 0 Å². The lowest BCUT2D eigenvalue weighted by Gasteiger charge is -2.47. The third-order valence-electron chi connectivity index (χ3n) is 4.47. The van der Waals surface area contributed by atoms with E-state index in [-0.39, 0.29) is 11.9 Å². The molecule has 126 valence electrons. The van der Waals surface area contributed by atoms with Crippen LogP contribution in [0.1, 0.15) is 48.1 Å². The number of hydrogen-bond acceptors (Lipinski definition) is 4. The first-order chi connectivity index (χ1) is 10.8. The first-order valence-electron chi connectivity index (χ1n) is 8.03. The van der Waals surface area contributed by atoms with Crippen LogP contribution >= 0.6 is 11.3 Å². The van der Waals surface area contributed by atoms with Crippen LogP contribution in [0.4, 0.5) is 4.79 Å². The maximum atomic E-state index is 12.8. The zero-order valence-electron chi connectivity index (χ0n) is 14.2. The largest absolute Gasteiger partial charge is 0.331 e. The number of nitrogens with zero attached hydrogens (tertiary/aromatic N) is 4. The Balaban J connectivity index is 1.72. The summed E-state index contributed by atoms with van der Waals surface area (Å²) < 4.78 is 0. The molecule has 23 heavy (non-hydrogen) atoms. The molecule has 0 radical (unpaired) electrons. The van der Waals surface area contributed by atoms with Crippen molar-refractivity contribution in [3.63, 3.8) is 0 Å². The Hall–Kier alpha value is -1.63. The summed E-state index contributed by atoms with van der Waals surface area (Å²) in [7, 11) is 3.50. The van der Waals surface area contributed by atoms with Crippen molar-refractivity contribution in [1.29, 1.82) is 0 Å². The lowest BCUT2D eigenvalue weighted by molar-refractivity contribution is 0.0237. The summed E-state index contributed by atoms with van der Waals surface area (Å²) >= 11 is 1.59. The van der Waals surface area contributed by atoms with E-state index in [1.807, 2.05) is 24.1 Å². The topological polar surface area (TPSA) is 56.8 Å². The molecule has 7 heteroatoms. The molecule has 1 aliphatic carbocycles. The number of amides is 3. The molecule has 0 unspecified atom stereocenters. The zero-order chi connectivity index (χ0) is 16.8. The number of aromatic nitrogens is 1. The fraction of sp³-hybridized carbons (Fsp3) is 0.688. The molecule has 1 aromatic rings. The molecule has 0 bridgehead atoms. The van der Waals surface area contributed by atoms with Gasteiger partial charge in [0.15, 0.2) is 0 Å². The monoisotopic (exact) mass is 336 g/mol. The minimum atomic E-state index is -0.398. The van der Waals surface area contributed by atoms with E-state index in [0.29, 0.717) is 31.2 Å². The summed E-state index contributed by atoms with van der Waals surface area (Å²) in [5, 5.41) is 2.97. The van der Waals surface area contributed by atoms with E-state index in [9.17, 15) is 9.59 Å². The molecule has 2 aliphatic rings. The van der Waals surface area contributed by atoms with Crippen LogP contribution in [0.15, 0.2) is 5.38 Å². The summed E-state index contributed by atoms with van der Waals surface area (Å²) in [4.78, 5) is 34.8. The standard InChI is InChI=1S/C16H24N4O2S/c1-16(2)10-19(15(22)18(3)4)7-8-20(16)14(21)12-9-23-13(17-12)11-5-6-11/h9,11H,5-8,10H2,1-4H3. The highest BCUT2D eigenvalue weighted by atomic mass is 32.1. The molecule has 0 atom stereocenters. The van der Waals surface area contributed by atoms with Gasteiger partial charge in [0.25, 0.3) is 5.91 Å². The van der Waals surface area contributed by atoms with E-state index in [4.69, 9.17) is 0 Å². The number of carbonyl (C=O) groups excluding carboxylic acids is 2. The van der Waals surface area contributed by atoms with Crippen LogP contribution in [0.25, 0.3) is 0 Å². The van der Waals surface area contributed by atoms with E-state index >= 15 is 0 Å². The number of rotatable bonds is 2. The summed E-state index contributed by atoms with van der Waals surface area (Å²) in [6.45, 7) is 5.66. The molecular formula is C16H24N4O2S. The summed E-state index contributed by atoms with van der Waals surface area (Å²) in [6.07, 6.45) is 2.38. The van der Waals surface area contributed by atoms with E-state index in [0.717, 1.165) is 5.01 Å². The average Bonchev–Trinajstić information content (AvgIpc) is 3.22. The minimum Gasteiger partial charge on any atom is -0.331 e. The Bertz CT molecular complexity index is 621. The third-order valence-corrected chi connectivity index (χ3v) is 5.48. The molecule has 2 heterocycles. The molecular weight excluding hydrogens is 312 g/mol. The lowest BCUT2D eigenvalue weighted by atomic mass is 9.98. The van der Waals surface area contributed by atoms with Crippen molar-refractivity contribution in [3.8, 4) is 0 Å². The fourth-order valence-electron chi connectivity index (χ4n) is 3.02. The second kappa shape index (κ2) is 5.78. The quantitative estimate of drug-likeness (QED) is 0.832. The molecule has 0 spiro atoms. The predicted molar refractivity (Wildman–Crippen MR) is 89.9 cm³/mol. The number of piperazine rings is 1. The van der Waals surface area contributed by atoms with E-state index in [2.05, 4.69) is 4.98 Å². The van der Waals surface area contributed by atoms with Gasteiger partial charge in [-0.15, -0.1) is 11.3 Å². The molecule has 1 aromatic heterocycles. The van der Waals surface area contributed by atoms with Gasteiger partial charge in [0, 0.05) is 45.0 Å². The van der Waals surface area contributed by atoms with Gasteiger partial charge in [0.05, 0.1) is 10.5 Å². The van der Waals surface area contributed by atoms with Gasteiger partial charge < -0.3 is 14.7 Å². The third kappa shape index (κ3) is 3.20. The Labute approximate surface area is 141 Å². The summed E-state index contributed by atoms with van der Waals surface area (Å²) in [5.41, 5.74) is 0.155. The van der Waals surface area contributed by atoms with Crippen LogP contribution in [0.2, 0.25) is 0 Å². The smallest absolute Gasteiger partial charge is 0.319 e. The van der Waals surface area contributed by atoms with Gasteiger partial charge in [-0.2, -0.15) is 0 Å². The van der Waals surface area contributed by atoms with Gasteiger partial charge >= 0.3 is 6.03 Å². The Morgan fingerprint density at radius 3 is 2.57 bits per heavy atom. The molecule has 3 rings (SSSR count). The van der Waals surface area contributed by atoms with Gasteiger partial charge in [-0.1, -0.05) is 0 Å². The number of hydrogen-bond donors (Lipinski definition) is 0. The number of thiazole rings is 1. The van der Waals surface area contributed by atoms with Gasteiger partial charge in [-0.25, -0.2) is 9.78 Å². The molecule has 1 saturated carbocycles. The Morgan fingerprint density at radius 1 is 1.30 bits per heavy atom. The molecule has 6 nitrogen and oxygen atoms in total. The molecule has 1 aliphatic heterocycles. The first-order valence-corrected chi connectivity index (χ1v) is 8.91. The van der Waals surface area contributed by atoms with Crippen LogP contribution in [-0.4, -0.2) is 70.9 Å². The van der Waals surface area contributed by atoms with Crippen molar-refractivity contribution >= 4 is 23.3 Å². The van der Waals surface area contributed by atoms with E-state index < -0.39 is 5.54 Å². The molecule has 2 fully saturated rings. The van der Waals surface area contributed by atoms with Crippen LogP contribution in [0.5, 0.6) is 0 Å². The van der Waals surface area contributed by atoms with E-state index in [1.54, 1.807) is 35.2 Å². The first kappa shape index (κ1) is 16.2. The molecule has 1 saturated heterocycles. The van der Waals surface area contributed by atoms with Crippen LogP contribution in [0, 0.1) is 0 Å². The van der Waals surface area contributed by atoms with Crippen molar-refractivity contribution < 1.29 is 9.59 Å². The maximum absolute atomic E-state index is 12.8. The average molecular weight is 336 g/mol. The van der Waals surface area contributed by atoms with Crippen molar-refractivity contribution in [3.05, 3.63) is 16.1 Å². The second-order valence-corrected chi connectivity index (χ2v) is 8.10. The summed E-state index contributed by atoms with van der Waals surface area (Å²) in [6, 6.07) is -0.00477. The van der Waals surface area contributed by atoms with Crippen molar-refractivity contribution in [2.75, 3.05) is 33.7 Å². The van der Waals surface area contributed by atoms with Crippen molar-refractivity contribution in [1.82, 2.24) is 19.7 Å². The van der Waals surface area contributed by atoms with Crippen LogP contribution in [-0.2, 0) is 0 Å². The van der Waals surface area contributed by atoms with Crippen molar-refractivity contribution in [2.24, 2.45) is 0 Å². The Morgan fingerprint density at radius 2 is 2.00 bits per heavy atom. The highest BCUT2D eigenvalue weighted by Gasteiger charge is 2.40. The van der Waals surface area contributed by atoms with Gasteiger partial charge in [-0.3, -0.25) is 4.79 Å². The SMILES string of the molecule is CN(C)C(=O)N1CCN(C(=O)c2csc(C3CC3)n2)C(C)(C)C1. The molecule has 3 amide bonds. The Kier molecular flexibility index (Phi) is 4.08. The van der Waals surface area contributed by atoms with Crippen molar-refractivity contribution in [2.45, 2.75) is 38.1 Å². The molecule has 0 aromatic carbocycles. The van der Waals surface area contributed by atoms with Gasteiger partial charge in [0.1, 0.15) is 5.69 Å². The number of carbonyl (C=O) groups is 2.